The SMILES string of the molecule is C[C@H]1CC12CNC2CC1C2CNCC21. The summed E-state index contributed by atoms with van der Waals surface area (Å²) in [6, 6.07) is 0.896. The molecule has 4 aliphatic rings. The van der Waals surface area contributed by atoms with Gasteiger partial charge in [0.2, 0.25) is 0 Å². The molecular formula is C12H20N2. The molecule has 0 aromatic rings. The number of piperidine rings is 1. The summed E-state index contributed by atoms with van der Waals surface area (Å²) in [5.74, 6) is 4.22. The third-order valence-corrected chi connectivity index (χ3v) is 5.66. The molecule has 2 saturated carbocycles. The number of hydrogen-bond donors (Lipinski definition) is 2. The molecule has 2 N–H and O–H groups in total. The van der Waals surface area contributed by atoms with Gasteiger partial charge < -0.3 is 10.6 Å². The second kappa shape index (κ2) is 2.35. The molecule has 2 nitrogen and oxygen atoms in total. The van der Waals surface area contributed by atoms with Crippen molar-refractivity contribution in [3.63, 3.8) is 0 Å². The van der Waals surface area contributed by atoms with Crippen molar-refractivity contribution in [2.75, 3.05) is 19.6 Å². The lowest BCUT2D eigenvalue weighted by molar-refractivity contribution is 0.165. The molecule has 2 heterocycles. The maximum atomic E-state index is 3.67. The second-order valence-electron chi connectivity index (χ2n) is 6.16. The normalized spacial score (nSPS) is 63.6. The van der Waals surface area contributed by atoms with Crippen LogP contribution < -0.4 is 10.6 Å². The Hall–Kier alpha value is -0.0800. The Labute approximate surface area is 85.8 Å². The molecule has 2 heteroatoms. The topological polar surface area (TPSA) is 24.1 Å². The molecule has 0 radical (unpaired) electrons. The van der Waals surface area contributed by atoms with E-state index in [1.165, 1.54) is 32.5 Å². The predicted octanol–water partition coefficient (Wildman–Crippen LogP) is 0.840. The van der Waals surface area contributed by atoms with E-state index in [1.54, 1.807) is 0 Å². The van der Waals surface area contributed by atoms with Crippen LogP contribution in [0.1, 0.15) is 19.8 Å². The summed E-state index contributed by atoms with van der Waals surface area (Å²) in [5, 5.41) is 7.15. The van der Waals surface area contributed by atoms with Crippen molar-refractivity contribution in [3.8, 4) is 0 Å². The molecule has 2 aliphatic carbocycles. The minimum atomic E-state index is 0.782. The zero-order valence-electron chi connectivity index (χ0n) is 8.92. The van der Waals surface area contributed by atoms with Crippen molar-refractivity contribution in [3.05, 3.63) is 0 Å². The molecule has 14 heavy (non-hydrogen) atoms. The Kier molecular flexibility index (Phi) is 1.37. The van der Waals surface area contributed by atoms with Gasteiger partial charge in [-0.05, 0) is 49.6 Å². The van der Waals surface area contributed by atoms with Crippen molar-refractivity contribution in [1.29, 1.82) is 0 Å². The van der Waals surface area contributed by atoms with Crippen molar-refractivity contribution in [1.82, 2.24) is 10.6 Å². The molecular weight excluding hydrogens is 172 g/mol. The van der Waals surface area contributed by atoms with Crippen LogP contribution in [0.25, 0.3) is 0 Å². The summed E-state index contributed by atoms with van der Waals surface area (Å²) < 4.78 is 0. The summed E-state index contributed by atoms with van der Waals surface area (Å²) >= 11 is 0. The molecule has 78 valence electrons. The molecule has 5 atom stereocenters. The molecule has 4 rings (SSSR count). The summed E-state index contributed by atoms with van der Waals surface area (Å²) in [6.07, 6.45) is 2.99. The standard InChI is InChI=1S/C12H20N2/c1-7-3-12(7)6-14-11(12)2-8-9-4-13-5-10(8)9/h7-11,13-14H,2-6H2,1H3/t7-,8?,9?,10?,11?,12?/m0/s1. The summed E-state index contributed by atoms with van der Waals surface area (Å²) in [6.45, 7) is 6.37. The van der Waals surface area contributed by atoms with Gasteiger partial charge in [0.25, 0.3) is 0 Å². The third kappa shape index (κ3) is 0.849. The van der Waals surface area contributed by atoms with Crippen LogP contribution in [-0.2, 0) is 0 Å². The first-order valence-corrected chi connectivity index (χ1v) is 6.25. The number of nitrogens with one attached hydrogen (secondary N) is 2. The van der Waals surface area contributed by atoms with E-state index < -0.39 is 0 Å². The van der Waals surface area contributed by atoms with E-state index >= 15 is 0 Å². The smallest absolute Gasteiger partial charge is 0.0141 e. The van der Waals surface area contributed by atoms with Gasteiger partial charge in [0.05, 0.1) is 0 Å². The second-order valence-corrected chi connectivity index (χ2v) is 6.16. The number of rotatable bonds is 2. The average molecular weight is 192 g/mol. The molecule has 2 saturated heterocycles. The van der Waals surface area contributed by atoms with Crippen molar-refractivity contribution < 1.29 is 0 Å². The van der Waals surface area contributed by atoms with Gasteiger partial charge in [-0.15, -0.1) is 0 Å². The highest BCUT2D eigenvalue weighted by Crippen LogP contribution is 2.62. The quantitative estimate of drug-likeness (QED) is 0.677. The fourth-order valence-corrected chi connectivity index (χ4v) is 4.24. The van der Waals surface area contributed by atoms with Crippen LogP contribution in [0, 0.1) is 29.1 Å². The Bertz CT molecular complexity index is 263. The Morgan fingerprint density at radius 2 is 2.00 bits per heavy atom. The van der Waals surface area contributed by atoms with E-state index in [0.717, 1.165) is 35.1 Å². The summed E-state index contributed by atoms with van der Waals surface area (Å²) in [7, 11) is 0. The highest BCUT2D eigenvalue weighted by atomic mass is 15.1. The molecule has 0 amide bonds. The van der Waals surface area contributed by atoms with Crippen LogP contribution in [0.2, 0.25) is 0 Å². The van der Waals surface area contributed by atoms with Crippen LogP contribution in [-0.4, -0.2) is 25.7 Å². The number of fused-ring (bicyclic) bond motifs is 1. The Balaban J connectivity index is 1.39. The minimum Gasteiger partial charge on any atom is -0.316 e. The molecule has 4 unspecified atom stereocenters. The lowest BCUT2D eigenvalue weighted by atomic mass is 9.82. The van der Waals surface area contributed by atoms with Gasteiger partial charge in [0, 0.05) is 18.0 Å². The van der Waals surface area contributed by atoms with E-state index in [1.807, 2.05) is 0 Å². The lowest BCUT2D eigenvalue weighted by Crippen LogP contribution is -2.56. The Morgan fingerprint density at radius 1 is 1.29 bits per heavy atom. The van der Waals surface area contributed by atoms with Crippen LogP contribution in [0.4, 0.5) is 0 Å². The first-order chi connectivity index (χ1) is 6.81. The van der Waals surface area contributed by atoms with Gasteiger partial charge in [-0.3, -0.25) is 0 Å². The van der Waals surface area contributed by atoms with E-state index in [2.05, 4.69) is 17.6 Å². The van der Waals surface area contributed by atoms with Crippen LogP contribution in [0.15, 0.2) is 0 Å². The number of hydrogen-bond acceptors (Lipinski definition) is 2. The highest BCUT2D eigenvalue weighted by Gasteiger charge is 2.64. The van der Waals surface area contributed by atoms with E-state index in [4.69, 9.17) is 0 Å². The Morgan fingerprint density at radius 3 is 2.50 bits per heavy atom. The maximum absolute atomic E-state index is 3.67. The average Bonchev–Trinajstić information content (AvgIpc) is 2.96. The maximum Gasteiger partial charge on any atom is 0.0141 e. The molecule has 0 aromatic carbocycles. The van der Waals surface area contributed by atoms with Gasteiger partial charge in [-0.1, -0.05) is 6.92 Å². The van der Waals surface area contributed by atoms with Crippen LogP contribution >= 0.6 is 0 Å². The predicted molar refractivity (Wildman–Crippen MR) is 56.0 cm³/mol. The highest BCUT2D eigenvalue weighted by molar-refractivity contribution is 5.18. The summed E-state index contributed by atoms with van der Waals surface area (Å²) in [4.78, 5) is 0. The molecule has 0 bridgehead atoms. The van der Waals surface area contributed by atoms with Gasteiger partial charge in [-0.25, -0.2) is 0 Å². The monoisotopic (exact) mass is 192 g/mol. The van der Waals surface area contributed by atoms with Gasteiger partial charge in [0.15, 0.2) is 0 Å². The van der Waals surface area contributed by atoms with Crippen molar-refractivity contribution >= 4 is 0 Å². The van der Waals surface area contributed by atoms with Gasteiger partial charge in [-0.2, -0.15) is 0 Å². The molecule has 0 aromatic heterocycles. The van der Waals surface area contributed by atoms with Gasteiger partial charge >= 0.3 is 0 Å². The zero-order valence-corrected chi connectivity index (χ0v) is 8.92. The third-order valence-electron chi connectivity index (χ3n) is 5.66. The largest absolute Gasteiger partial charge is 0.316 e. The van der Waals surface area contributed by atoms with Crippen LogP contribution in [0.5, 0.6) is 0 Å². The van der Waals surface area contributed by atoms with E-state index in [0.29, 0.717) is 0 Å². The molecule has 4 fully saturated rings. The van der Waals surface area contributed by atoms with E-state index in [-0.39, 0.29) is 0 Å². The van der Waals surface area contributed by atoms with Crippen LogP contribution in [0.3, 0.4) is 0 Å². The van der Waals surface area contributed by atoms with E-state index in [9.17, 15) is 0 Å². The zero-order chi connectivity index (χ0) is 9.34. The minimum absolute atomic E-state index is 0.782. The lowest BCUT2D eigenvalue weighted by Gasteiger charge is -2.40. The molecule has 1 spiro atoms. The molecule has 2 aliphatic heterocycles. The van der Waals surface area contributed by atoms with Crippen molar-refractivity contribution in [2.24, 2.45) is 29.1 Å². The van der Waals surface area contributed by atoms with Crippen molar-refractivity contribution in [2.45, 2.75) is 25.8 Å². The fourth-order valence-electron chi connectivity index (χ4n) is 4.24. The first-order valence-electron chi connectivity index (χ1n) is 6.25. The summed E-state index contributed by atoms with van der Waals surface area (Å²) in [5.41, 5.74) is 0.782. The fraction of sp³-hybridized carbons (Fsp3) is 1.00. The van der Waals surface area contributed by atoms with Gasteiger partial charge in [0.1, 0.15) is 0 Å². The first kappa shape index (κ1) is 8.12.